The van der Waals surface area contributed by atoms with Gasteiger partial charge in [-0.25, -0.2) is 9.97 Å². The Balaban J connectivity index is 0.00000128. The van der Waals surface area contributed by atoms with E-state index >= 15 is 0 Å². The summed E-state index contributed by atoms with van der Waals surface area (Å²) in [5.74, 6) is 0.946. The first-order valence-corrected chi connectivity index (χ1v) is 5.18. The third-order valence-corrected chi connectivity index (χ3v) is 2.44. The lowest BCUT2D eigenvalue weighted by molar-refractivity contribution is 0.761. The molecule has 2 aromatic heterocycles. The van der Waals surface area contributed by atoms with Crippen molar-refractivity contribution in [1.82, 2.24) is 20.2 Å². The van der Waals surface area contributed by atoms with Crippen LogP contribution in [0, 0.1) is 0 Å². The Labute approximate surface area is 101 Å². The van der Waals surface area contributed by atoms with Crippen molar-refractivity contribution in [1.29, 1.82) is 0 Å². The zero-order valence-electron chi connectivity index (χ0n) is 9.47. The summed E-state index contributed by atoms with van der Waals surface area (Å²) in [6.07, 6.45) is 5.69. The molecule has 0 amide bonds. The number of hydrogen-bond donors (Lipinski definition) is 1. The second-order valence-corrected chi connectivity index (χ2v) is 3.60. The molecular formula is C10H16ClN5. The summed E-state index contributed by atoms with van der Waals surface area (Å²) < 4.78 is 0. The van der Waals surface area contributed by atoms with Crippen LogP contribution in [0.4, 0.5) is 5.82 Å². The van der Waals surface area contributed by atoms with Gasteiger partial charge in [0.1, 0.15) is 12.1 Å². The van der Waals surface area contributed by atoms with Crippen molar-refractivity contribution in [3.63, 3.8) is 0 Å². The van der Waals surface area contributed by atoms with Gasteiger partial charge in [-0.2, -0.15) is 5.10 Å². The number of aromatic nitrogens is 4. The van der Waals surface area contributed by atoms with Crippen LogP contribution in [0.3, 0.4) is 0 Å². The Bertz CT molecular complexity index is 441. The van der Waals surface area contributed by atoms with Crippen molar-refractivity contribution in [3.8, 4) is 0 Å². The number of H-pyrrole nitrogens is 1. The first-order valence-electron chi connectivity index (χ1n) is 5.18. The molecule has 0 bridgehead atoms. The second-order valence-electron chi connectivity index (χ2n) is 3.60. The van der Waals surface area contributed by atoms with Gasteiger partial charge in [-0.3, -0.25) is 5.10 Å². The van der Waals surface area contributed by atoms with E-state index in [0.29, 0.717) is 0 Å². The molecule has 0 aromatic carbocycles. The van der Waals surface area contributed by atoms with Crippen molar-refractivity contribution in [2.45, 2.75) is 19.8 Å². The minimum Gasteiger partial charge on any atom is -0.359 e. The predicted octanol–water partition coefficient (Wildman–Crippen LogP) is 2.01. The van der Waals surface area contributed by atoms with Gasteiger partial charge in [-0.15, -0.1) is 12.4 Å². The monoisotopic (exact) mass is 241 g/mol. The van der Waals surface area contributed by atoms with Crippen molar-refractivity contribution in [3.05, 3.63) is 12.5 Å². The van der Waals surface area contributed by atoms with E-state index in [1.807, 2.05) is 7.05 Å². The van der Waals surface area contributed by atoms with Crippen molar-refractivity contribution in [2.75, 3.05) is 18.5 Å². The molecule has 0 aliphatic rings. The molecule has 2 rings (SSSR count). The number of unbranched alkanes of at least 4 members (excludes halogenated alkanes) is 1. The fraction of sp³-hybridized carbons (Fsp3) is 0.500. The number of fused-ring (bicyclic) bond motifs is 1. The number of anilines is 1. The van der Waals surface area contributed by atoms with Gasteiger partial charge in [0.15, 0.2) is 5.65 Å². The molecule has 0 aliphatic heterocycles. The fourth-order valence-corrected chi connectivity index (χ4v) is 1.56. The summed E-state index contributed by atoms with van der Waals surface area (Å²) >= 11 is 0. The third-order valence-electron chi connectivity index (χ3n) is 2.44. The molecule has 0 unspecified atom stereocenters. The van der Waals surface area contributed by atoms with Crippen LogP contribution >= 0.6 is 12.4 Å². The molecule has 0 aliphatic carbocycles. The molecule has 0 fully saturated rings. The SMILES string of the molecule is CCCCN(C)c1ncnc2[nH]ncc12.Cl. The topological polar surface area (TPSA) is 57.7 Å². The molecule has 16 heavy (non-hydrogen) atoms. The van der Waals surface area contributed by atoms with Gasteiger partial charge in [0, 0.05) is 13.6 Å². The van der Waals surface area contributed by atoms with E-state index in [4.69, 9.17) is 0 Å². The number of aromatic amines is 1. The standard InChI is InChI=1S/C10H15N5.ClH/c1-3-4-5-15(2)10-8-6-13-14-9(8)11-7-12-10;/h6-7H,3-5H2,1-2H3,(H,11,12,13,14);1H. The Morgan fingerprint density at radius 3 is 2.94 bits per heavy atom. The number of halogens is 1. The molecule has 88 valence electrons. The summed E-state index contributed by atoms with van der Waals surface area (Å²) in [6, 6.07) is 0. The number of hydrogen-bond acceptors (Lipinski definition) is 4. The average molecular weight is 242 g/mol. The average Bonchev–Trinajstić information content (AvgIpc) is 2.73. The van der Waals surface area contributed by atoms with E-state index < -0.39 is 0 Å². The zero-order valence-corrected chi connectivity index (χ0v) is 10.3. The molecule has 0 spiro atoms. The van der Waals surface area contributed by atoms with Crippen LogP contribution in [-0.2, 0) is 0 Å². The highest BCUT2D eigenvalue weighted by atomic mass is 35.5. The number of nitrogens with zero attached hydrogens (tertiary/aromatic N) is 4. The Kier molecular flexibility index (Phi) is 4.49. The molecule has 0 atom stereocenters. The van der Waals surface area contributed by atoms with E-state index in [1.165, 1.54) is 12.8 Å². The number of nitrogens with one attached hydrogen (secondary N) is 1. The zero-order chi connectivity index (χ0) is 10.7. The minimum absolute atomic E-state index is 0. The Morgan fingerprint density at radius 1 is 1.38 bits per heavy atom. The second kappa shape index (κ2) is 5.65. The van der Waals surface area contributed by atoms with Crippen LogP contribution in [0.1, 0.15) is 19.8 Å². The van der Waals surface area contributed by atoms with Gasteiger partial charge in [0.05, 0.1) is 11.6 Å². The molecule has 0 saturated carbocycles. The van der Waals surface area contributed by atoms with Crippen LogP contribution < -0.4 is 4.90 Å². The van der Waals surface area contributed by atoms with Crippen LogP contribution in [-0.4, -0.2) is 33.8 Å². The Morgan fingerprint density at radius 2 is 2.19 bits per heavy atom. The fourth-order valence-electron chi connectivity index (χ4n) is 1.56. The van der Waals surface area contributed by atoms with Crippen LogP contribution in [0.25, 0.3) is 11.0 Å². The predicted molar refractivity (Wildman–Crippen MR) is 67.1 cm³/mol. The molecule has 5 nitrogen and oxygen atoms in total. The lowest BCUT2D eigenvalue weighted by Gasteiger charge is -2.17. The van der Waals surface area contributed by atoms with E-state index in [0.717, 1.165) is 23.4 Å². The largest absolute Gasteiger partial charge is 0.359 e. The van der Waals surface area contributed by atoms with E-state index in [9.17, 15) is 0 Å². The summed E-state index contributed by atoms with van der Waals surface area (Å²) in [6.45, 7) is 3.19. The van der Waals surface area contributed by atoms with E-state index in [-0.39, 0.29) is 12.4 Å². The summed E-state index contributed by atoms with van der Waals surface area (Å²) in [5.41, 5.74) is 0.795. The molecule has 2 aromatic rings. The van der Waals surface area contributed by atoms with E-state index in [1.54, 1.807) is 12.5 Å². The summed E-state index contributed by atoms with van der Waals surface area (Å²) in [7, 11) is 2.05. The smallest absolute Gasteiger partial charge is 0.160 e. The molecule has 1 N–H and O–H groups in total. The molecule has 6 heteroatoms. The first kappa shape index (κ1) is 12.7. The maximum atomic E-state index is 4.29. The highest BCUT2D eigenvalue weighted by Gasteiger charge is 2.08. The van der Waals surface area contributed by atoms with Crippen molar-refractivity contribution >= 4 is 29.3 Å². The van der Waals surface area contributed by atoms with Gasteiger partial charge in [-0.05, 0) is 6.42 Å². The van der Waals surface area contributed by atoms with Crippen LogP contribution in [0.5, 0.6) is 0 Å². The molecular weight excluding hydrogens is 226 g/mol. The summed E-state index contributed by atoms with van der Waals surface area (Å²) in [5, 5.41) is 7.80. The van der Waals surface area contributed by atoms with Gasteiger partial charge < -0.3 is 4.90 Å². The minimum atomic E-state index is 0. The molecule has 2 heterocycles. The van der Waals surface area contributed by atoms with Gasteiger partial charge in [0.2, 0.25) is 0 Å². The first-order chi connectivity index (χ1) is 7.33. The van der Waals surface area contributed by atoms with Crippen LogP contribution in [0.2, 0.25) is 0 Å². The Hall–Kier alpha value is -1.36. The highest BCUT2D eigenvalue weighted by Crippen LogP contribution is 2.19. The van der Waals surface area contributed by atoms with Gasteiger partial charge >= 0.3 is 0 Å². The molecule has 0 radical (unpaired) electrons. The quantitative estimate of drug-likeness (QED) is 0.890. The van der Waals surface area contributed by atoms with Crippen molar-refractivity contribution in [2.24, 2.45) is 0 Å². The van der Waals surface area contributed by atoms with Gasteiger partial charge in [-0.1, -0.05) is 13.3 Å². The molecule has 0 saturated heterocycles. The number of rotatable bonds is 4. The van der Waals surface area contributed by atoms with E-state index in [2.05, 4.69) is 32.0 Å². The van der Waals surface area contributed by atoms with Crippen LogP contribution in [0.15, 0.2) is 12.5 Å². The normalized spacial score (nSPS) is 10.1. The van der Waals surface area contributed by atoms with Crippen molar-refractivity contribution < 1.29 is 0 Å². The maximum Gasteiger partial charge on any atom is 0.160 e. The highest BCUT2D eigenvalue weighted by molar-refractivity contribution is 5.86. The maximum absolute atomic E-state index is 4.29. The lowest BCUT2D eigenvalue weighted by Crippen LogP contribution is -2.19. The summed E-state index contributed by atoms with van der Waals surface area (Å²) in [4.78, 5) is 10.5. The van der Waals surface area contributed by atoms with Gasteiger partial charge in [0.25, 0.3) is 0 Å². The third kappa shape index (κ3) is 2.41. The lowest BCUT2D eigenvalue weighted by atomic mass is 10.3.